The molecule has 0 saturated carbocycles. The normalized spacial score (nSPS) is 17.7. The zero-order valence-electron chi connectivity index (χ0n) is 33.3. The standard InChI is InChI=1S/C14H20N5O11P3.3C6H15N/c15-5-1-2-9-6-19(14-12(9)13(16)17-8-18-14)11-4-3-10(28-11)7-27-32(23,24)30-33(25,26)29-31(20,21)22;3*1-4-7(5-2)6-3/h6,8,10-11H,3-5,7,15H2,(H,23,24)(H,25,26)(H2,16,17,18)(H2,20,21,22);3*4-6H2,1-3H3/t10-,11+;;;/m0.../s1. The van der Waals surface area contributed by atoms with Gasteiger partial charge in [0.15, 0.2) is 0 Å². The van der Waals surface area contributed by atoms with Gasteiger partial charge < -0.3 is 55.0 Å². The highest BCUT2D eigenvalue weighted by atomic mass is 31.3. The Morgan fingerprint density at radius 2 is 1.28 bits per heavy atom. The molecule has 0 amide bonds. The van der Waals surface area contributed by atoms with Crippen molar-refractivity contribution < 1.29 is 51.2 Å². The molecule has 1 aliphatic heterocycles. The highest BCUT2D eigenvalue weighted by molar-refractivity contribution is 7.66. The summed E-state index contributed by atoms with van der Waals surface area (Å²) in [6.45, 7) is 30.0. The van der Waals surface area contributed by atoms with Crippen LogP contribution in [-0.2, 0) is 31.6 Å². The number of phosphoric acid groups is 3. The van der Waals surface area contributed by atoms with E-state index in [2.05, 4.69) is 112 Å². The Kier molecular flexibility index (Phi) is 26.0. The zero-order chi connectivity index (χ0) is 41.5. The van der Waals surface area contributed by atoms with E-state index < -0.39 is 42.4 Å². The van der Waals surface area contributed by atoms with Crippen molar-refractivity contribution in [2.24, 2.45) is 5.73 Å². The Bertz CT molecular complexity index is 1500. The topological polar surface area (TPSA) is 262 Å². The number of nitrogens with two attached hydrogens (primary N) is 2. The summed E-state index contributed by atoms with van der Waals surface area (Å²) in [5, 5.41) is 0.513. The van der Waals surface area contributed by atoms with Gasteiger partial charge in [-0.05, 0) is 71.7 Å². The first kappa shape index (κ1) is 52.2. The van der Waals surface area contributed by atoms with Crippen LogP contribution in [0.4, 0.5) is 5.82 Å². The number of phosphoric ester groups is 1. The van der Waals surface area contributed by atoms with Crippen molar-refractivity contribution >= 4 is 40.3 Å². The molecule has 3 heterocycles. The third-order valence-electron chi connectivity index (χ3n) is 8.22. The lowest BCUT2D eigenvalue weighted by Crippen LogP contribution is -2.21. The van der Waals surface area contributed by atoms with Gasteiger partial charge in [0.2, 0.25) is 0 Å². The number of hydrogen-bond acceptors (Lipinski definition) is 14. The second-order valence-electron chi connectivity index (χ2n) is 11.4. The summed E-state index contributed by atoms with van der Waals surface area (Å²) in [6.07, 6.45) is 2.40. The number of rotatable bonds is 17. The van der Waals surface area contributed by atoms with Crippen molar-refractivity contribution in [1.29, 1.82) is 0 Å². The SMILES string of the molecule is CCN(CC)CC.CCN(CC)CC.CCN(CC)CC.NCC#Cc1cn([C@H]2CC[C@@H](COP(=O)(O)OP(=O)(O)OP(=O)(O)O)O2)c2ncnc(N)c12. The lowest BCUT2D eigenvalue weighted by Gasteiger charge is -2.19. The molecule has 19 nitrogen and oxygen atoms in total. The smallest absolute Gasteiger partial charge is 0.383 e. The molecule has 0 aliphatic carbocycles. The van der Waals surface area contributed by atoms with Crippen LogP contribution in [0.2, 0.25) is 0 Å². The Labute approximate surface area is 321 Å². The summed E-state index contributed by atoms with van der Waals surface area (Å²) in [5.41, 5.74) is 12.4. The van der Waals surface area contributed by atoms with Crippen LogP contribution in [0.15, 0.2) is 12.5 Å². The first-order chi connectivity index (χ1) is 25.3. The summed E-state index contributed by atoms with van der Waals surface area (Å²) in [5.74, 6) is 5.82. The fourth-order valence-corrected chi connectivity index (χ4v) is 8.13. The number of nitrogens with zero attached hydrogens (tertiary/aromatic N) is 6. The fourth-order valence-electron chi connectivity index (χ4n) is 5.08. The molecule has 0 aromatic carbocycles. The average molecular weight is 831 g/mol. The molecule has 0 radical (unpaired) electrons. The van der Waals surface area contributed by atoms with E-state index in [1.165, 1.54) is 65.2 Å². The summed E-state index contributed by atoms with van der Waals surface area (Å²) in [7, 11) is -16.3. The van der Waals surface area contributed by atoms with Gasteiger partial charge in [0.25, 0.3) is 0 Å². The number of hydrogen-bond donors (Lipinski definition) is 6. The van der Waals surface area contributed by atoms with Crippen LogP contribution in [0.3, 0.4) is 0 Å². The third-order valence-corrected chi connectivity index (χ3v) is 12.0. The van der Waals surface area contributed by atoms with E-state index in [1.54, 1.807) is 10.8 Å². The summed E-state index contributed by atoms with van der Waals surface area (Å²) >= 11 is 0. The summed E-state index contributed by atoms with van der Waals surface area (Å²) in [4.78, 5) is 51.1. The molecular formula is C32H65N8O11P3. The van der Waals surface area contributed by atoms with E-state index in [4.69, 9.17) is 26.0 Å². The number of fused-ring (bicyclic) bond motifs is 1. The molecule has 0 bridgehead atoms. The van der Waals surface area contributed by atoms with Gasteiger partial charge in [0, 0.05) is 6.20 Å². The van der Waals surface area contributed by atoms with Crippen LogP contribution in [-0.4, -0.2) is 127 Å². The molecule has 1 fully saturated rings. The molecule has 1 saturated heterocycles. The predicted octanol–water partition coefficient (Wildman–Crippen LogP) is 4.39. The molecule has 2 unspecified atom stereocenters. The van der Waals surface area contributed by atoms with Gasteiger partial charge in [-0.1, -0.05) is 74.2 Å². The number of ether oxygens (including phenoxy) is 1. The molecule has 1 aliphatic rings. The molecule has 2 aromatic rings. The Balaban J connectivity index is 0.00000109. The molecule has 0 spiro atoms. The van der Waals surface area contributed by atoms with E-state index in [0.717, 1.165) is 0 Å². The maximum Gasteiger partial charge on any atom is 0.490 e. The van der Waals surface area contributed by atoms with Gasteiger partial charge in [0.1, 0.15) is 24.0 Å². The largest absolute Gasteiger partial charge is 0.490 e. The van der Waals surface area contributed by atoms with E-state index in [0.29, 0.717) is 29.4 Å². The van der Waals surface area contributed by atoms with Crippen LogP contribution in [0.5, 0.6) is 0 Å². The van der Waals surface area contributed by atoms with Crippen LogP contribution >= 0.6 is 23.5 Å². The number of anilines is 1. The molecule has 2 aromatic heterocycles. The van der Waals surface area contributed by atoms with Gasteiger partial charge in [-0.3, -0.25) is 4.52 Å². The number of aromatic nitrogens is 3. The van der Waals surface area contributed by atoms with Crippen LogP contribution in [0.1, 0.15) is 86.9 Å². The quantitative estimate of drug-likeness (QED) is 0.0954. The second kappa shape index (κ2) is 26.9. The molecule has 8 N–H and O–H groups in total. The molecule has 54 heavy (non-hydrogen) atoms. The van der Waals surface area contributed by atoms with Crippen molar-refractivity contribution in [1.82, 2.24) is 29.2 Å². The fraction of sp³-hybridized carbons (Fsp3) is 0.750. The predicted molar refractivity (Wildman–Crippen MR) is 211 cm³/mol. The molecule has 314 valence electrons. The summed E-state index contributed by atoms with van der Waals surface area (Å²) < 4.78 is 53.3. The van der Waals surface area contributed by atoms with Crippen molar-refractivity contribution in [3.63, 3.8) is 0 Å². The first-order valence-corrected chi connectivity index (χ1v) is 22.8. The Hall–Kier alpha value is -1.81. The van der Waals surface area contributed by atoms with Gasteiger partial charge in [0.05, 0.1) is 30.2 Å². The average Bonchev–Trinajstić information content (AvgIpc) is 3.74. The summed E-state index contributed by atoms with van der Waals surface area (Å²) in [6, 6.07) is 0. The van der Waals surface area contributed by atoms with Crippen molar-refractivity contribution in [3.05, 3.63) is 18.1 Å². The van der Waals surface area contributed by atoms with Gasteiger partial charge in [-0.2, -0.15) is 8.62 Å². The van der Waals surface area contributed by atoms with E-state index >= 15 is 0 Å². The molecule has 3 rings (SSSR count). The minimum atomic E-state index is -5.59. The van der Waals surface area contributed by atoms with Gasteiger partial charge in [-0.25, -0.2) is 23.7 Å². The lowest BCUT2D eigenvalue weighted by molar-refractivity contribution is -0.0202. The van der Waals surface area contributed by atoms with E-state index in [9.17, 15) is 23.5 Å². The molecule has 22 heteroatoms. The van der Waals surface area contributed by atoms with Crippen molar-refractivity contribution in [3.8, 4) is 11.8 Å². The lowest BCUT2D eigenvalue weighted by atomic mass is 10.2. The second-order valence-corrected chi connectivity index (χ2v) is 15.9. The van der Waals surface area contributed by atoms with Crippen LogP contribution < -0.4 is 11.5 Å². The minimum Gasteiger partial charge on any atom is -0.383 e. The highest BCUT2D eigenvalue weighted by Crippen LogP contribution is 2.66. The molecular weight excluding hydrogens is 765 g/mol. The van der Waals surface area contributed by atoms with Gasteiger partial charge >= 0.3 is 23.5 Å². The third kappa shape index (κ3) is 20.4. The Morgan fingerprint density at radius 1 is 0.796 bits per heavy atom. The zero-order valence-corrected chi connectivity index (χ0v) is 36.0. The van der Waals surface area contributed by atoms with Crippen LogP contribution in [0.25, 0.3) is 11.0 Å². The highest BCUT2D eigenvalue weighted by Gasteiger charge is 2.41. The van der Waals surface area contributed by atoms with Crippen molar-refractivity contribution in [2.45, 2.75) is 87.5 Å². The van der Waals surface area contributed by atoms with E-state index in [-0.39, 0.29) is 12.4 Å². The number of nitrogen functional groups attached to an aromatic ring is 1. The maximum absolute atomic E-state index is 11.9. The van der Waals surface area contributed by atoms with Crippen molar-refractivity contribution in [2.75, 3.05) is 77.8 Å². The van der Waals surface area contributed by atoms with Crippen LogP contribution in [0, 0.1) is 11.8 Å². The maximum atomic E-state index is 11.9. The molecule has 4 atom stereocenters. The monoisotopic (exact) mass is 830 g/mol. The van der Waals surface area contributed by atoms with E-state index in [1.807, 2.05) is 0 Å². The first-order valence-electron chi connectivity index (χ1n) is 18.2. The Morgan fingerprint density at radius 3 is 1.69 bits per heavy atom. The van der Waals surface area contributed by atoms with Gasteiger partial charge in [-0.15, -0.1) is 0 Å². The minimum absolute atomic E-state index is 0.128.